The number of aromatic nitrogens is 3. The molecule has 1 aromatic carbocycles. The third-order valence-corrected chi connectivity index (χ3v) is 14.4. The molecule has 0 atom stereocenters. The van der Waals surface area contributed by atoms with Crippen molar-refractivity contribution in [2.24, 2.45) is 0 Å². The Morgan fingerprint density at radius 2 is 0.894 bits per heavy atom. The number of nitrogens with zero attached hydrogens (tertiary/aromatic N) is 2. The number of aromatic amines is 1. The van der Waals surface area contributed by atoms with Gasteiger partial charge in [0.25, 0.3) is 0 Å². The standard InChI is InChI=1S/C40H53N3S4/c1-3-5-7-9-11-13-15-17-19-21-29-27-44-35-25-33(46-39(29)35)31-23-24-32(38-37(31)41-43-42-38)34-26-36-40(47-34)30(28-45-36)22-20-18-16-14-12-10-8-6-4-2/h23-28H,3-22H2,1-2H3,(H,41,42,43). The van der Waals surface area contributed by atoms with Crippen molar-refractivity contribution in [3.63, 3.8) is 0 Å². The van der Waals surface area contributed by atoms with Crippen molar-refractivity contribution < 1.29 is 0 Å². The van der Waals surface area contributed by atoms with Crippen LogP contribution in [0.25, 0.3) is 50.7 Å². The smallest absolute Gasteiger partial charge is 0.122 e. The van der Waals surface area contributed by atoms with Gasteiger partial charge in [-0.3, -0.25) is 0 Å². The molecule has 0 bridgehead atoms. The third kappa shape index (κ3) is 8.95. The number of nitrogens with one attached hydrogen (secondary N) is 1. The first-order chi connectivity index (χ1) is 23.3. The van der Waals surface area contributed by atoms with Crippen LogP contribution in [0.2, 0.25) is 0 Å². The van der Waals surface area contributed by atoms with Crippen molar-refractivity contribution in [3.8, 4) is 20.9 Å². The maximum atomic E-state index is 4.69. The summed E-state index contributed by atoms with van der Waals surface area (Å²) >= 11 is 7.69. The zero-order valence-corrected chi connectivity index (χ0v) is 31.9. The number of fused-ring (bicyclic) bond motifs is 3. The molecule has 0 aliphatic rings. The normalized spacial score (nSPS) is 12.0. The third-order valence-electron chi connectivity index (χ3n) is 9.74. The van der Waals surface area contributed by atoms with Crippen LogP contribution >= 0.6 is 45.3 Å². The van der Waals surface area contributed by atoms with Crippen LogP contribution in [0.5, 0.6) is 0 Å². The lowest BCUT2D eigenvalue weighted by atomic mass is 10.0. The fraction of sp³-hybridized carbons (Fsp3) is 0.550. The molecule has 0 aliphatic heterocycles. The quantitative estimate of drug-likeness (QED) is 0.0715. The maximum absolute atomic E-state index is 4.69. The van der Waals surface area contributed by atoms with Crippen molar-refractivity contribution in [2.45, 2.75) is 142 Å². The second kappa shape index (κ2) is 18.1. The Labute approximate surface area is 298 Å². The van der Waals surface area contributed by atoms with Crippen molar-refractivity contribution in [3.05, 3.63) is 46.2 Å². The zero-order valence-electron chi connectivity index (χ0n) is 28.6. The van der Waals surface area contributed by atoms with Crippen LogP contribution in [0.4, 0.5) is 0 Å². The lowest BCUT2D eigenvalue weighted by Gasteiger charge is -2.04. The molecule has 0 saturated heterocycles. The van der Waals surface area contributed by atoms with E-state index in [-0.39, 0.29) is 0 Å². The van der Waals surface area contributed by atoms with E-state index in [0.29, 0.717) is 0 Å². The summed E-state index contributed by atoms with van der Waals surface area (Å²) in [6.07, 6.45) is 27.3. The average molecular weight is 704 g/mol. The highest BCUT2D eigenvalue weighted by Crippen LogP contribution is 2.45. The van der Waals surface area contributed by atoms with Crippen LogP contribution in [0, 0.1) is 0 Å². The van der Waals surface area contributed by atoms with Crippen LogP contribution in [0.15, 0.2) is 35.0 Å². The monoisotopic (exact) mass is 703 g/mol. The molecule has 3 nitrogen and oxygen atoms in total. The minimum Gasteiger partial charge on any atom is -0.197 e. The Hall–Kier alpha value is -2.06. The van der Waals surface area contributed by atoms with E-state index in [0.717, 1.165) is 11.0 Å². The number of hydrogen-bond acceptors (Lipinski definition) is 6. The molecule has 1 N–H and O–H groups in total. The largest absolute Gasteiger partial charge is 0.197 e. The molecular formula is C40H53N3S4. The van der Waals surface area contributed by atoms with Crippen molar-refractivity contribution in [1.82, 2.24) is 15.4 Å². The van der Waals surface area contributed by atoms with Gasteiger partial charge >= 0.3 is 0 Å². The number of unbranched alkanes of at least 4 members (excludes halogenated alkanes) is 16. The number of H-pyrrole nitrogens is 1. The summed E-state index contributed by atoms with van der Waals surface area (Å²) in [5, 5.41) is 17.1. The topological polar surface area (TPSA) is 41.6 Å². The van der Waals surface area contributed by atoms with Gasteiger partial charge in [0.1, 0.15) is 11.0 Å². The molecule has 0 unspecified atom stereocenters. The number of aryl methyl sites for hydroxylation is 2. The fourth-order valence-electron chi connectivity index (χ4n) is 6.94. The highest BCUT2D eigenvalue weighted by atomic mass is 32.1. The predicted octanol–water partition coefficient (Wildman–Crippen LogP) is 15.0. The van der Waals surface area contributed by atoms with E-state index in [4.69, 9.17) is 0 Å². The van der Waals surface area contributed by atoms with Gasteiger partial charge in [-0.05, 0) is 59.7 Å². The Morgan fingerprint density at radius 3 is 1.30 bits per heavy atom. The van der Waals surface area contributed by atoms with Crippen molar-refractivity contribution >= 4 is 75.2 Å². The summed E-state index contributed by atoms with van der Waals surface area (Å²) in [6, 6.07) is 9.33. The fourth-order valence-corrected chi connectivity index (χ4v) is 11.9. The van der Waals surface area contributed by atoms with Gasteiger partial charge in [0.05, 0.1) is 0 Å². The number of benzene rings is 1. The van der Waals surface area contributed by atoms with Crippen molar-refractivity contribution in [1.29, 1.82) is 0 Å². The first kappa shape index (κ1) is 34.8. The van der Waals surface area contributed by atoms with Crippen LogP contribution in [-0.2, 0) is 12.8 Å². The van der Waals surface area contributed by atoms with Crippen molar-refractivity contribution in [2.75, 3.05) is 0 Å². The zero-order chi connectivity index (χ0) is 32.3. The van der Waals surface area contributed by atoms with E-state index < -0.39 is 0 Å². The molecule has 0 amide bonds. The Kier molecular flexibility index (Phi) is 13.4. The minimum absolute atomic E-state index is 0.989. The summed E-state index contributed by atoms with van der Waals surface area (Å²) in [4.78, 5) is 2.61. The maximum Gasteiger partial charge on any atom is 0.122 e. The molecule has 0 aliphatic carbocycles. The van der Waals surface area contributed by atoms with Crippen LogP contribution in [-0.4, -0.2) is 15.4 Å². The predicted molar refractivity (Wildman–Crippen MR) is 213 cm³/mol. The first-order valence-electron chi connectivity index (χ1n) is 18.6. The molecule has 6 aromatic rings. The van der Waals surface area contributed by atoms with E-state index in [1.165, 1.54) is 179 Å². The van der Waals surface area contributed by atoms with E-state index >= 15 is 0 Å². The van der Waals surface area contributed by atoms with E-state index in [9.17, 15) is 0 Å². The van der Waals surface area contributed by atoms with Gasteiger partial charge in [0.2, 0.25) is 0 Å². The highest BCUT2D eigenvalue weighted by molar-refractivity contribution is 7.29. The molecule has 252 valence electrons. The van der Waals surface area contributed by atoms with Gasteiger partial charge in [-0.15, -0.1) is 45.3 Å². The molecule has 7 heteroatoms. The molecule has 0 radical (unpaired) electrons. The van der Waals surface area contributed by atoms with Gasteiger partial charge in [-0.1, -0.05) is 129 Å². The molecule has 0 saturated carbocycles. The van der Waals surface area contributed by atoms with Gasteiger partial charge in [0.15, 0.2) is 0 Å². The van der Waals surface area contributed by atoms with E-state index in [1.54, 1.807) is 0 Å². The summed E-state index contributed by atoms with van der Waals surface area (Å²) in [6.45, 7) is 4.59. The lowest BCUT2D eigenvalue weighted by molar-refractivity contribution is 0.565. The van der Waals surface area contributed by atoms with Crippen LogP contribution < -0.4 is 0 Å². The average Bonchev–Trinajstić information content (AvgIpc) is 3.91. The molecule has 5 aromatic heterocycles. The molecule has 0 fully saturated rings. The number of hydrogen-bond donors (Lipinski definition) is 1. The molecule has 5 heterocycles. The number of rotatable bonds is 22. The Balaban J connectivity index is 1.07. The Morgan fingerprint density at radius 1 is 0.511 bits per heavy atom. The number of thiophene rings is 4. The summed E-state index contributed by atoms with van der Waals surface area (Å²) in [5.74, 6) is 0. The second-order valence-electron chi connectivity index (χ2n) is 13.5. The molecule has 0 spiro atoms. The minimum atomic E-state index is 0.989. The van der Waals surface area contributed by atoms with Gasteiger partial charge in [-0.25, -0.2) is 0 Å². The highest BCUT2D eigenvalue weighted by Gasteiger charge is 2.19. The Bertz CT molecular complexity index is 1670. The second-order valence-corrected chi connectivity index (χ2v) is 17.4. The summed E-state index contributed by atoms with van der Waals surface area (Å²) in [5.41, 5.74) is 7.45. The molecular weight excluding hydrogens is 651 g/mol. The summed E-state index contributed by atoms with van der Waals surface area (Å²) in [7, 11) is 0. The lowest BCUT2D eigenvalue weighted by Crippen LogP contribution is -1.85. The van der Waals surface area contributed by atoms with Crippen LogP contribution in [0.1, 0.15) is 141 Å². The van der Waals surface area contributed by atoms with Gasteiger partial charge < -0.3 is 0 Å². The SMILES string of the molecule is CCCCCCCCCCCc1csc2cc(-c3ccc(-c4cc5scc(CCCCCCCCCCC)c5s4)c4n[nH]nc34)sc12. The van der Waals surface area contributed by atoms with E-state index in [2.05, 4.69) is 64.3 Å². The summed E-state index contributed by atoms with van der Waals surface area (Å²) < 4.78 is 5.77. The van der Waals surface area contributed by atoms with Gasteiger partial charge in [0, 0.05) is 39.7 Å². The van der Waals surface area contributed by atoms with E-state index in [1.807, 2.05) is 45.3 Å². The first-order valence-corrected chi connectivity index (χ1v) is 22.0. The van der Waals surface area contributed by atoms with Crippen LogP contribution in [0.3, 0.4) is 0 Å². The van der Waals surface area contributed by atoms with Gasteiger partial charge in [-0.2, -0.15) is 15.4 Å². The molecule has 47 heavy (non-hydrogen) atoms. The molecule has 6 rings (SSSR count).